The Hall–Kier alpha value is -2.70. The van der Waals surface area contributed by atoms with Crippen LogP contribution in [0.2, 0.25) is 0 Å². The molecule has 7 nitrogen and oxygen atoms in total. The number of rotatable bonds is 6. The fraction of sp³-hybridized carbons (Fsp3) is 0.444. The molecule has 1 saturated heterocycles. The van der Waals surface area contributed by atoms with Gasteiger partial charge in [0, 0.05) is 57.3 Å². The number of anilines is 1. The fourth-order valence-corrected chi connectivity index (χ4v) is 2.80. The average Bonchev–Trinajstić information content (AvgIpc) is 2.61. The van der Waals surface area contributed by atoms with Crippen LogP contribution in [0.3, 0.4) is 0 Å². The summed E-state index contributed by atoms with van der Waals surface area (Å²) in [5.41, 5.74) is 1.14. The largest absolute Gasteiger partial charge is 0.342 e. The first-order valence-corrected chi connectivity index (χ1v) is 8.28. The molecule has 0 unspecified atom stereocenters. The van der Waals surface area contributed by atoms with Crippen LogP contribution in [0.4, 0.5) is 5.69 Å². The van der Waals surface area contributed by atoms with Crippen molar-refractivity contribution in [2.75, 3.05) is 37.6 Å². The molecular formula is C18H23N3O4. The summed E-state index contributed by atoms with van der Waals surface area (Å²) >= 11 is 0. The monoisotopic (exact) mass is 345 g/mol. The molecule has 1 aliphatic heterocycles. The van der Waals surface area contributed by atoms with E-state index in [9.17, 15) is 19.2 Å². The number of carbonyl (C=O) groups is 4. The summed E-state index contributed by atoms with van der Waals surface area (Å²) in [6, 6.07) is 6.84. The Bertz CT molecular complexity index is 666. The molecule has 1 heterocycles. The highest BCUT2D eigenvalue weighted by Gasteiger charge is 2.21. The molecule has 2 rings (SSSR count). The smallest absolute Gasteiger partial charge is 0.224 e. The van der Waals surface area contributed by atoms with Crippen molar-refractivity contribution in [1.29, 1.82) is 0 Å². The molecule has 0 saturated carbocycles. The fourth-order valence-electron chi connectivity index (χ4n) is 2.80. The summed E-state index contributed by atoms with van der Waals surface area (Å²) in [5, 5.41) is 0. The van der Waals surface area contributed by atoms with E-state index in [-0.39, 0.29) is 30.6 Å². The maximum atomic E-state index is 12.4. The number of carbonyl (C=O) groups excluding carboxylic acids is 4. The Kier molecular flexibility index (Phi) is 6.27. The summed E-state index contributed by atoms with van der Waals surface area (Å²) in [5.74, 6) is -0.298. The third-order valence-electron chi connectivity index (χ3n) is 4.31. The van der Waals surface area contributed by atoms with Crippen LogP contribution in [0.25, 0.3) is 0 Å². The van der Waals surface area contributed by atoms with Crippen LogP contribution in [-0.2, 0) is 14.4 Å². The number of ketones is 1. The average molecular weight is 345 g/mol. The molecule has 0 atom stereocenters. The molecule has 1 aromatic carbocycles. The quantitative estimate of drug-likeness (QED) is 0.568. The maximum Gasteiger partial charge on any atom is 0.224 e. The van der Waals surface area contributed by atoms with Gasteiger partial charge < -0.3 is 14.7 Å². The minimum atomic E-state index is -0.181. The van der Waals surface area contributed by atoms with Crippen molar-refractivity contribution in [1.82, 2.24) is 9.80 Å². The Morgan fingerprint density at radius 2 is 1.80 bits per heavy atom. The highest BCUT2D eigenvalue weighted by Crippen LogP contribution is 2.18. The second-order valence-corrected chi connectivity index (χ2v) is 6.05. The molecule has 3 amide bonds. The van der Waals surface area contributed by atoms with E-state index in [1.165, 1.54) is 18.7 Å². The number of Topliss-reactive ketones (excluding diaryl/α,β-unsaturated/α-hetero) is 1. The first-order valence-electron chi connectivity index (χ1n) is 8.28. The second kappa shape index (κ2) is 8.41. The summed E-state index contributed by atoms with van der Waals surface area (Å²) in [6.07, 6.45) is 0.992. The zero-order valence-corrected chi connectivity index (χ0v) is 14.6. The molecule has 0 spiro atoms. The van der Waals surface area contributed by atoms with Gasteiger partial charge in [-0.1, -0.05) is 12.1 Å². The van der Waals surface area contributed by atoms with Gasteiger partial charge in [-0.3, -0.25) is 19.2 Å². The SMILES string of the molecule is CC(=O)c1cccc(N(CCC(=O)N2CCN(C=O)CC2)C(C)=O)c1. The Morgan fingerprint density at radius 1 is 1.12 bits per heavy atom. The van der Waals surface area contributed by atoms with Gasteiger partial charge in [-0.05, 0) is 19.1 Å². The predicted molar refractivity (Wildman–Crippen MR) is 93.3 cm³/mol. The second-order valence-electron chi connectivity index (χ2n) is 6.05. The summed E-state index contributed by atoms with van der Waals surface area (Å²) in [6.45, 7) is 5.25. The first-order chi connectivity index (χ1) is 11.9. The van der Waals surface area contributed by atoms with E-state index in [1.807, 2.05) is 0 Å². The van der Waals surface area contributed by atoms with Gasteiger partial charge in [0.2, 0.25) is 18.2 Å². The lowest BCUT2D eigenvalue weighted by Crippen LogP contribution is -2.48. The number of benzene rings is 1. The van der Waals surface area contributed by atoms with Crippen LogP contribution in [0, 0.1) is 0 Å². The normalized spacial score (nSPS) is 14.2. The van der Waals surface area contributed by atoms with Gasteiger partial charge in [0.1, 0.15) is 0 Å². The van der Waals surface area contributed by atoms with Crippen molar-refractivity contribution >= 4 is 29.7 Å². The predicted octanol–water partition coefficient (Wildman–Crippen LogP) is 0.933. The lowest BCUT2D eigenvalue weighted by molar-refractivity contribution is -0.135. The molecule has 1 aliphatic rings. The van der Waals surface area contributed by atoms with Crippen LogP contribution < -0.4 is 4.90 Å². The topological polar surface area (TPSA) is 78.0 Å². The minimum Gasteiger partial charge on any atom is -0.342 e. The number of hydrogen-bond donors (Lipinski definition) is 0. The zero-order valence-electron chi connectivity index (χ0n) is 14.6. The van der Waals surface area contributed by atoms with E-state index in [0.29, 0.717) is 37.4 Å². The molecule has 0 radical (unpaired) electrons. The van der Waals surface area contributed by atoms with Crippen molar-refractivity contribution < 1.29 is 19.2 Å². The van der Waals surface area contributed by atoms with Crippen LogP contribution in [-0.4, -0.2) is 66.5 Å². The van der Waals surface area contributed by atoms with Crippen molar-refractivity contribution in [2.45, 2.75) is 20.3 Å². The molecule has 0 N–H and O–H groups in total. The van der Waals surface area contributed by atoms with Gasteiger partial charge in [-0.2, -0.15) is 0 Å². The van der Waals surface area contributed by atoms with Crippen molar-refractivity contribution in [3.63, 3.8) is 0 Å². The van der Waals surface area contributed by atoms with Crippen molar-refractivity contribution in [3.8, 4) is 0 Å². The molecule has 1 aromatic rings. The molecule has 7 heteroatoms. The summed E-state index contributed by atoms with van der Waals surface area (Å²) in [7, 11) is 0. The Balaban J connectivity index is 1.99. The van der Waals surface area contributed by atoms with Crippen LogP contribution in [0.1, 0.15) is 30.6 Å². The molecule has 0 bridgehead atoms. The molecule has 0 aromatic heterocycles. The third kappa shape index (κ3) is 4.89. The summed E-state index contributed by atoms with van der Waals surface area (Å²) < 4.78 is 0. The van der Waals surface area contributed by atoms with Crippen LogP contribution in [0.5, 0.6) is 0 Å². The van der Waals surface area contributed by atoms with Gasteiger partial charge in [0.15, 0.2) is 5.78 Å². The van der Waals surface area contributed by atoms with E-state index in [2.05, 4.69) is 0 Å². The van der Waals surface area contributed by atoms with Gasteiger partial charge in [0.05, 0.1) is 0 Å². The Morgan fingerprint density at radius 3 is 2.36 bits per heavy atom. The summed E-state index contributed by atoms with van der Waals surface area (Å²) in [4.78, 5) is 51.4. The lowest BCUT2D eigenvalue weighted by Gasteiger charge is -2.33. The molecule has 1 fully saturated rings. The van der Waals surface area contributed by atoms with E-state index in [1.54, 1.807) is 34.1 Å². The molecular weight excluding hydrogens is 322 g/mol. The molecule has 25 heavy (non-hydrogen) atoms. The van der Waals surface area contributed by atoms with E-state index < -0.39 is 0 Å². The van der Waals surface area contributed by atoms with Crippen LogP contribution in [0.15, 0.2) is 24.3 Å². The number of nitrogens with zero attached hydrogens (tertiary/aromatic N) is 3. The van der Waals surface area contributed by atoms with Crippen molar-refractivity contribution in [2.24, 2.45) is 0 Å². The number of hydrogen-bond acceptors (Lipinski definition) is 4. The zero-order chi connectivity index (χ0) is 18.4. The highest BCUT2D eigenvalue weighted by atomic mass is 16.2. The Labute approximate surface area is 147 Å². The molecule has 134 valence electrons. The lowest BCUT2D eigenvalue weighted by atomic mass is 10.1. The van der Waals surface area contributed by atoms with Gasteiger partial charge in [-0.25, -0.2) is 0 Å². The van der Waals surface area contributed by atoms with E-state index in [4.69, 9.17) is 0 Å². The van der Waals surface area contributed by atoms with E-state index >= 15 is 0 Å². The van der Waals surface area contributed by atoms with Gasteiger partial charge in [-0.15, -0.1) is 0 Å². The third-order valence-corrected chi connectivity index (χ3v) is 4.31. The minimum absolute atomic E-state index is 0.0421. The van der Waals surface area contributed by atoms with E-state index in [0.717, 1.165) is 6.41 Å². The first kappa shape index (κ1) is 18.6. The number of piperazine rings is 1. The standard InChI is InChI=1S/C18H23N3O4/c1-14(23)16-4-3-5-17(12-16)21(15(2)24)7-6-18(25)20-10-8-19(13-22)9-11-20/h3-5,12-13H,6-11H2,1-2H3. The van der Waals surface area contributed by atoms with Gasteiger partial charge >= 0.3 is 0 Å². The van der Waals surface area contributed by atoms with Gasteiger partial charge in [0.25, 0.3) is 0 Å². The number of amides is 3. The van der Waals surface area contributed by atoms with Crippen LogP contribution >= 0.6 is 0 Å². The maximum absolute atomic E-state index is 12.4. The highest BCUT2D eigenvalue weighted by molar-refractivity contribution is 5.97. The molecule has 0 aliphatic carbocycles. The van der Waals surface area contributed by atoms with Crippen molar-refractivity contribution in [3.05, 3.63) is 29.8 Å².